The Morgan fingerprint density at radius 1 is 1.12 bits per heavy atom. The van der Waals surface area contributed by atoms with E-state index in [2.05, 4.69) is 20.6 Å². The van der Waals surface area contributed by atoms with E-state index >= 15 is 0 Å². The summed E-state index contributed by atoms with van der Waals surface area (Å²) < 4.78 is 5.19. The van der Waals surface area contributed by atoms with Gasteiger partial charge in [-0.15, -0.1) is 0 Å². The molecule has 0 fully saturated rings. The zero-order chi connectivity index (χ0) is 18.4. The minimum absolute atomic E-state index is 0.277. The Kier molecular flexibility index (Phi) is 5.66. The van der Waals surface area contributed by atoms with Gasteiger partial charge >= 0.3 is 0 Å². The van der Waals surface area contributed by atoms with E-state index in [-0.39, 0.29) is 11.6 Å². The van der Waals surface area contributed by atoms with Crippen LogP contribution in [0.2, 0.25) is 5.02 Å². The van der Waals surface area contributed by atoms with Gasteiger partial charge in [0, 0.05) is 29.4 Å². The maximum Gasteiger partial charge on any atom is 0.270 e. The maximum atomic E-state index is 12.3. The lowest BCUT2D eigenvalue weighted by Gasteiger charge is -2.09. The Balaban J connectivity index is 1.65. The number of halogens is 1. The fourth-order valence-corrected chi connectivity index (χ4v) is 2.40. The molecule has 132 valence electrons. The van der Waals surface area contributed by atoms with E-state index < -0.39 is 0 Å². The molecule has 1 aromatic heterocycles. The van der Waals surface area contributed by atoms with E-state index in [1.807, 2.05) is 36.4 Å². The summed E-state index contributed by atoms with van der Waals surface area (Å²) in [6.45, 7) is 0.388. The van der Waals surface area contributed by atoms with Gasteiger partial charge < -0.3 is 15.4 Å². The highest BCUT2D eigenvalue weighted by molar-refractivity contribution is 6.30. The third kappa shape index (κ3) is 4.70. The first-order chi connectivity index (χ1) is 12.6. The summed E-state index contributed by atoms with van der Waals surface area (Å²) in [6.07, 6.45) is 1.35. The van der Waals surface area contributed by atoms with Crippen molar-refractivity contribution in [3.63, 3.8) is 0 Å². The molecule has 0 saturated carbocycles. The number of nitrogens with zero attached hydrogens (tertiary/aromatic N) is 2. The average molecular weight is 369 g/mol. The van der Waals surface area contributed by atoms with Crippen molar-refractivity contribution in [2.75, 3.05) is 12.4 Å². The van der Waals surface area contributed by atoms with Crippen molar-refractivity contribution < 1.29 is 9.53 Å². The van der Waals surface area contributed by atoms with Crippen LogP contribution in [0.25, 0.3) is 0 Å². The number of methoxy groups -OCH3 is 1. The summed E-state index contributed by atoms with van der Waals surface area (Å²) in [5.41, 5.74) is 2.03. The number of hydrogen-bond donors (Lipinski definition) is 2. The van der Waals surface area contributed by atoms with E-state index in [0.717, 1.165) is 17.0 Å². The molecule has 2 N–H and O–H groups in total. The molecule has 26 heavy (non-hydrogen) atoms. The van der Waals surface area contributed by atoms with E-state index in [4.69, 9.17) is 16.3 Å². The van der Waals surface area contributed by atoms with Gasteiger partial charge in [-0.25, -0.2) is 9.97 Å². The minimum atomic E-state index is -0.281. The van der Waals surface area contributed by atoms with E-state index in [0.29, 0.717) is 17.4 Å². The molecular weight excluding hydrogens is 352 g/mol. The molecule has 1 amide bonds. The van der Waals surface area contributed by atoms with Crippen LogP contribution in [0.5, 0.6) is 5.75 Å². The first-order valence-electron chi connectivity index (χ1n) is 7.90. The Bertz CT molecular complexity index is 900. The van der Waals surface area contributed by atoms with Crippen LogP contribution in [-0.4, -0.2) is 23.0 Å². The van der Waals surface area contributed by atoms with Crippen LogP contribution in [0.1, 0.15) is 16.1 Å². The molecule has 0 radical (unpaired) electrons. The van der Waals surface area contributed by atoms with Gasteiger partial charge in [0.05, 0.1) is 7.11 Å². The number of aromatic nitrogens is 2. The van der Waals surface area contributed by atoms with Gasteiger partial charge in [0.15, 0.2) is 0 Å². The molecule has 1 heterocycles. The Morgan fingerprint density at radius 2 is 1.92 bits per heavy atom. The number of amides is 1. The molecule has 0 spiro atoms. The molecule has 0 aliphatic rings. The molecule has 0 bridgehead atoms. The van der Waals surface area contributed by atoms with Crippen LogP contribution in [0.4, 0.5) is 11.5 Å². The highest BCUT2D eigenvalue weighted by Crippen LogP contribution is 2.20. The van der Waals surface area contributed by atoms with Gasteiger partial charge in [-0.1, -0.05) is 29.8 Å². The molecule has 0 aliphatic carbocycles. The van der Waals surface area contributed by atoms with Crippen molar-refractivity contribution in [1.29, 1.82) is 0 Å². The molecule has 0 unspecified atom stereocenters. The third-order valence-corrected chi connectivity index (χ3v) is 3.86. The van der Waals surface area contributed by atoms with E-state index in [1.165, 1.54) is 6.33 Å². The summed E-state index contributed by atoms with van der Waals surface area (Å²) in [5, 5.41) is 6.61. The highest BCUT2D eigenvalue weighted by Gasteiger charge is 2.09. The Labute approximate surface area is 156 Å². The van der Waals surface area contributed by atoms with Gasteiger partial charge in [-0.3, -0.25) is 4.79 Å². The first-order valence-corrected chi connectivity index (χ1v) is 8.27. The lowest BCUT2D eigenvalue weighted by Crippen LogP contribution is -2.24. The fraction of sp³-hybridized carbons (Fsp3) is 0.105. The SMILES string of the molecule is COc1cccc(Nc2cc(C(=O)NCc3ccc(Cl)cc3)ncn2)c1. The van der Waals surface area contributed by atoms with Gasteiger partial charge in [-0.2, -0.15) is 0 Å². The highest BCUT2D eigenvalue weighted by atomic mass is 35.5. The Hall–Kier alpha value is -3.12. The van der Waals surface area contributed by atoms with Gasteiger partial charge in [0.2, 0.25) is 0 Å². The predicted molar refractivity (Wildman–Crippen MR) is 101 cm³/mol. The lowest BCUT2D eigenvalue weighted by molar-refractivity contribution is 0.0946. The van der Waals surface area contributed by atoms with Crippen LogP contribution in [0.3, 0.4) is 0 Å². The van der Waals surface area contributed by atoms with Crippen LogP contribution in [0.15, 0.2) is 60.9 Å². The molecule has 0 atom stereocenters. The average Bonchev–Trinajstić information content (AvgIpc) is 2.67. The van der Waals surface area contributed by atoms with Crippen molar-refractivity contribution >= 4 is 29.0 Å². The summed E-state index contributed by atoms with van der Waals surface area (Å²) in [5.74, 6) is 0.964. The second kappa shape index (κ2) is 8.31. The zero-order valence-electron chi connectivity index (χ0n) is 14.1. The van der Waals surface area contributed by atoms with Crippen LogP contribution >= 0.6 is 11.6 Å². The minimum Gasteiger partial charge on any atom is -0.497 e. The number of rotatable bonds is 6. The van der Waals surface area contributed by atoms with Crippen molar-refractivity contribution in [2.45, 2.75) is 6.54 Å². The van der Waals surface area contributed by atoms with Gasteiger partial charge in [0.25, 0.3) is 5.91 Å². The number of benzene rings is 2. The number of carbonyl (C=O) groups is 1. The molecule has 3 rings (SSSR count). The summed E-state index contributed by atoms with van der Waals surface area (Å²) >= 11 is 5.85. The molecule has 3 aromatic rings. The van der Waals surface area contributed by atoms with Crippen molar-refractivity contribution in [3.05, 3.63) is 77.2 Å². The van der Waals surface area contributed by atoms with Gasteiger partial charge in [0.1, 0.15) is 23.6 Å². The largest absolute Gasteiger partial charge is 0.497 e. The summed E-state index contributed by atoms with van der Waals surface area (Å²) in [4.78, 5) is 20.5. The van der Waals surface area contributed by atoms with E-state index in [9.17, 15) is 4.79 Å². The topological polar surface area (TPSA) is 76.1 Å². The smallest absolute Gasteiger partial charge is 0.270 e. The lowest BCUT2D eigenvalue weighted by atomic mass is 10.2. The number of anilines is 2. The normalized spacial score (nSPS) is 10.2. The van der Waals surface area contributed by atoms with Crippen LogP contribution < -0.4 is 15.4 Å². The van der Waals surface area contributed by atoms with E-state index in [1.54, 1.807) is 25.3 Å². The monoisotopic (exact) mass is 368 g/mol. The maximum absolute atomic E-state index is 12.3. The molecule has 2 aromatic carbocycles. The number of hydrogen-bond acceptors (Lipinski definition) is 5. The molecule has 6 nitrogen and oxygen atoms in total. The van der Waals surface area contributed by atoms with Crippen molar-refractivity contribution in [1.82, 2.24) is 15.3 Å². The summed E-state index contributed by atoms with van der Waals surface area (Å²) in [6, 6.07) is 16.3. The molecule has 0 saturated heterocycles. The predicted octanol–water partition coefficient (Wildman–Crippen LogP) is 3.81. The molecule has 0 aliphatic heterocycles. The standard InChI is InChI=1S/C19H17ClN4O2/c1-26-16-4-2-3-15(9-16)24-18-10-17(22-12-23-18)19(25)21-11-13-5-7-14(20)8-6-13/h2-10,12H,11H2,1H3,(H,21,25)(H,22,23,24). The number of carbonyl (C=O) groups excluding carboxylic acids is 1. The fourth-order valence-electron chi connectivity index (χ4n) is 2.27. The second-order valence-electron chi connectivity index (χ2n) is 5.45. The molecule has 7 heteroatoms. The quantitative estimate of drug-likeness (QED) is 0.691. The Morgan fingerprint density at radius 3 is 2.69 bits per heavy atom. The van der Waals surface area contributed by atoms with Gasteiger partial charge in [-0.05, 0) is 29.8 Å². The summed E-state index contributed by atoms with van der Waals surface area (Å²) in [7, 11) is 1.60. The third-order valence-electron chi connectivity index (χ3n) is 3.61. The van der Waals surface area contributed by atoms with Crippen molar-refractivity contribution in [2.24, 2.45) is 0 Å². The van der Waals surface area contributed by atoms with Crippen LogP contribution in [-0.2, 0) is 6.54 Å². The zero-order valence-corrected chi connectivity index (χ0v) is 14.8. The van der Waals surface area contributed by atoms with Crippen LogP contribution in [0, 0.1) is 0 Å². The number of ether oxygens (including phenoxy) is 1. The second-order valence-corrected chi connectivity index (χ2v) is 5.89. The number of nitrogens with one attached hydrogen (secondary N) is 2. The van der Waals surface area contributed by atoms with Crippen molar-refractivity contribution in [3.8, 4) is 5.75 Å². The molecular formula is C19H17ClN4O2. The first kappa shape index (κ1) is 17.7.